The lowest BCUT2D eigenvalue weighted by Gasteiger charge is -2.09. The fourth-order valence-corrected chi connectivity index (χ4v) is 3.66. The third-order valence-corrected chi connectivity index (χ3v) is 5.57. The van der Waals surface area contributed by atoms with E-state index in [9.17, 15) is 9.90 Å². The molecule has 2 aromatic rings. The molecule has 3 rings (SSSR count). The largest absolute Gasteiger partial charge is 0.507 e. The smallest absolute Gasteiger partial charge is 0.343 e. The maximum Gasteiger partial charge on any atom is 0.343 e. The minimum Gasteiger partial charge on any atom is -0.507 e. The van der Waals surface area contributed by atoms with Crippen LogP contribution in [0.15, 0.2) is 47.5 Å². The molecule has 1 aliphatic rings. The molecule has 0 amide bonds. The standard InChI is InChI=1S/C27H35NO5/c1-3-4-5-6-7-8-9-10-17-31-22-13-11-21(12-14-22)27(30)33-23-15-16-24(25(29)18-23)26-28-20(2)19-32-26/h11-16,18,20,29H,3-10,17,19H2,1-2H3/t20-/m0/s1. The summed E-state index contributed by atoms with van der Waals surface area (Å²) in [5.41, 5.74) is 0.896. The first kappa shape index (κ1) is 24.6. The van der Waals surface area contributed by atoms with Crippen molar-refractivity contribution in [3.8, 4) is 17.2 Å². The molecule has 33 heavy (non-hydrogen) atoms. The molecule has 0 bridgehead atoms. The molecule has 0 saturated heterocycles. The Bertz CT molecular complexity index is 923. The molecule has 1 atom stereocenters. The van der Waals surface area contributed by atoms with Crippen LogP contribution in [0.1, 0.15) is 81.1 Å². The lowest BCUT2D eigenvalue weighted by Crippen LogP contribution is -2.09. The SMILES string of the molecule is CCCCCCCCCCOc1ccc(C(=O)Oc2ccc(C3=N[C@@H](C)CO3)c(O)c2)cc1. The maximum absolute atomic E-state index is 12.5. The molecule has 1 aliphatic heterocycles. The van der Waals surface area contributed by atoms with Gasteiger partial charge in [-0.15, -0.1) is 0 Å². The van der Waals surface area contributed by atoms with E-state index in [-0.39, 0.29) is 17.5 Å². The van der Waals surface area contributed by atoms with Gasteiger partial charge in [0.2, 0.25) is 5.90 Å². The van der Waals surface area contributed by atoms with Gasteiger partial charge in [-0.25, -0.2) is 9.79 Å². The van der Waals surface area contributed by atoms with Crippen LogP contribution in [0.2, 0.25) is 0 Å². The lowest BCUT2D eigenvalue weighted by molar-refractivity contribution is 0.0734. The Morgan fingerprint density at radius 1 is 1.00 bits per heavy atom. The molecule has 1 N–H and O–H groups in total. The summed E-state index contributed by atoms with van der Waals surface area (Å²) in [5.74, 6) is 0.851. The number of hydrogen-bond donors (Lipinski definition) is 1. The summed E-state index contributed by atoms with van der Waals surface area (Å²) in [6.07, 6.45) is 10.1. The maximum atomic E-state index is 12.5. The van der Waals surface area contributed by atoms with Crippen molar-refractivity contribution in [2.75, 3.05) is 13.2 Å². The predicted molar refractivity (Wildman–Crippen MR) is 130 cm³/mol. The number of phenolic OH excluding ortho intramolecular Hbond substituents is 1. The zero-order valence-electron chi connectivity index (χ0n) is 19.7. The lowest BCUT2D eigenvalue weighted by atomic mass is 10.1. The van der Waals surface area contributed by atoms with E-state index in [0.717, 1.165) is 12.2 Å². The molecule has 0 aliphatic carbocycles. The van der Waals surface area contributed by atoms with Crippen LogP contribution >= 0.6 is 0 Å². The summed E-state index contributed by atoms with van der Waals surface area (Å²) < 4.78 is 16.6. The summed E-state index contributed by atoms with van der Waals surface area (Å²) in [4.78, 5) is 16.8. The van der Waals surface area contributed by atoms with E-state index in [2.05, 4.69) is 11.9 Å². The molecule has 2 aromatic carbocycles. The van der Waals surface area contributed by atoms with E-state index < -0.39 is 5.97 Å². The number of hydrogen-bond acceptors (Lipinski definition) is 6. The molecular weight excluding hydrogens is 418 g/mol. The number of carbonyl (C=O) groups is 1. The van der Waals surface area contributed by atoms with Gasteiger partial charge >= 0.3 is 5.97 Å². The Kier molecular flexibility index (Phi) is 9.60. The van der Waals surface area contributed by atoms with Crippen molar-refractivity contribution in [1.82, 2.24) is 0 Å². The van der Waals surface area contributed by atoms with Crippen LogP contribution < -0.4 is 9.47 Å². The van der Waals surface area contributed by atoms with Gasteiger partial charge < -0.3 is 19.3 Å². The minimum atomic E-state index is -0.500. The second kappa shape index (κ2) is 12.9. The number of ether oxygens (including phenoxy) is 3. The number of esters is 1. The molecular formula is C27H35NO5. The van der Waals surface area contributed by atoms with Crippen LogP contribution in [0.5, 0.6) is 17.2 Å². The van der Waals surface area contributed by atoms with Crippen LogP contribution in [-0.4, -0.2) is 36.2 Å². The summed E-state index contributed by atoms with van der Waals surface area (Å²) >= 11 is 0. The number of nitrogens with zero attached hydrogens (tertiary/aromatic N) is 1. The first-order valence-corrected chi connectivity index (χ1v) is 12.1. The molecule has 0 radical (unpaired) electrons. The molecule has 0 fully saturated rings. The van der Waals surface area contributed by atoms with E-state index in [4.69, 9.17) is 14.2 Å². The predicted octanol–water partition coefficient (Wildman–Crippen LogP) is 6.30. The van der Waals surface area contributed by atoms with Crippen LogP contribution in [0.3, 0.4) is 0 Å². The average molecular weight is 454 g/mol. The van der Waals surface area contributed by atoms with E-state index in [1.54, 1.807) is 36.4 Å². The van der Waals surface area contributed by atoms with Gasteiger partial charge in [0.25, 0.3) is 0 Å². The molecule has 6 heteroatoms. The van der Waals surface area contributed by atoms with Gasteiger partial charge in [-0.3, -0.25) is 0 Å². The van der Waals surface area contributed by atoms with Crippen molar-refractivity contribution in [1.29, 1.82) is 0 Å². The average Bonchev–Trinajstić information content (AvgIpc) is 3.24. The quantitative estimate of drug-likeness (QED) is 0.219. The highest BCUT2D eigenvalue weighted by Gasteiger charge is 2.20. The fraction of sp³-hybridized carbons (Fsp3) is 0.481. The monoisotopic (exact) mass is 453 g/mol. The minimum absolute atomic E-state index is 0.0437. The number of rotatable bonds is 13. The zero-order valence-corrected chi connectivity index (χ0v) is 19.7. The molecule has 0 unspecified atom stereocenters. The molecule has 6 nitrogen and oxygen atoms in total. The Morgan fingerprint density at radius 2 is 1.67 bits per heavy atom. The molecule has 1 heterocycles. The summed E-state index contributed by atoms with van der Waals surface area (Å²) in [7, 11) is 0. The Morgan fingerprint density at radius 3 is 2.30 bits per heavy atom. The topological polar surface area (TPSA) is 77.4 Å². The number of aromatic hydroxyl groups is 1. The van der Waals surface area contributed by atoms with Gasteiger partial charge in [-0.2, -0.15) is 0 Å². The second-order valence-electron chi connectivity index (χ2n) is 8.51. The van der Waals surface area contributed by atoms with E-state index in [1.807, 2.05) is 6.92 Å². The first-order valence-electron chi connectivity index (χ1n) is 12.1. The van der Waals surface area contributed by atoms with Crippen molar-refractivity contribution in [2.24, 2.45) is 4.99 Å². The second-order valence-corrected chi connectivity index (χ2v) is 8.51. The Hall–Kier alpha value is -3.02. The highest BCUT2D eigenvalue weighted by molar-refractivity contribution is 5.98. The van der Waals surface area contributed by atoms with Gasteiger partial charge in [0.1, 0.15) is 23.9 Å². The summed E-state index contributed by atoms with van der Waals surface area (Å²) in [6.45, 7) is 5.34. The number of carbonyl (C=O) groups excluding carboxylic acids is 1. The Labute approximate surface area is 196 Å². The number of aliphatic imine (C=N–C) groups is 1. The van der Waals surface area contributed by atoms with Crippen molar-refractivity contribution in [3.63, 3.8) is 0 Å². The zero-order chi connectivity index (χ0) is 23.5. The van der Waals surface area contributed by atoms with Crippen LogP contribution in [0, 0.1) is 0 Å². The van der Waals surface area contributed by atoms with Crippen molar-refractivity contribution < 1.29 is 24.1 Å². The van der Waals surface area contributed by atoms with Crippen molar-refractivity contribution in [3.05, 3.63) is 53.6 Å². The van der Waals surface area contributed by atoms with Crippen LogP contribution in [0.25, 0.3) is 0 Å². The van der Waals surface area contributed by atoms with Crippen LogP contribution in [0.4, 0.5) is 0 Å². The highest BCUT2D eigenvalue weighted by atomic mass is 16.5. The number of benzene rings is 2. The third kappa shape index (κ3) is 7.81. The first-order chi connectivity index (χ1) is 16.1. The molecule has 0 spiro atoms. The molecule has 178 valence electrons. The summed E-state index contributed by atoms with van der Waals surface area (Å²) in [6, 6.07) is 11.6. The third-order valence-electron chi connectivity index (χ3n) is 5.57. The van der Waals surface area contributed by atoms with Gasteiger partial charge in [-0.1, -0.05) is 51.9 Å². The Balaban J connectivity index is 1.41. The normalized spacial score (nSPS) is 15.1. The molecule has 0 aromatic heterocycles. The van der Waals surface area contributed by atoms with E-state index in [1.165, 1.54) is 51.0 Å². The molecule has 0 saturated carbocycles. The van der Waals surface area contributed by atoms with Crippen molar-refractivity contribution in [2.45, 2.75) is 71.3 Å². The highest BCUT2D eigenvalue weighted by Crippen LogP contribution is 2.27. The number of unbranched alkanes of at least 4 members (excludes halogenated alkanes) is 7. The van der Waals surface area contributed by atoms with Gasteiger partial charge in [0.05, 0.1) is 23.8 Å². The summed E-state index contributed by atoms with van der Waals surface area (Å²) in [5, 5.41) is 10.3. The van der Waals surface area contributed by atoms with Crippen molar-refractivity contribution >= 4 is 11.9 Å². The number of phenols is 1. The van der Waals surface area contributed by atoms with E-state index in [0.29, 0.717) is 30.2 Å². The van der Waals surface area contributed by atoms with Crippen LogP contribution in [-0.2, 0) is 4.74 Å². The van der Waals surface area contributed by atoms with Gasteiger partial charge in [0, 0.05) is 6.07 Å². The van der Waals surface area contributed by atoms with E-state index >= 15 is 0 Å². The van der Waals surface area contributed by atoms with Gasteiger partial charge in [0.15, 0.2) is 0 Å². The van der Waals surface area contributed by atoms with Gasteiger partial charge in [-0.05, 0) is 49.7 Å². The fourth-order valence-electron chi connectivity index (χ4n) is 3.66.